The number of primary sulfonamides is 1. The van der Waals surface area contributed by atoms with E-state index in [-0.39, 0.29) is 26.3 Å². The third-order valence-electron chi connectivity index (χ3n) is 8.59. The quantitative estimate of drug-likeness (QED) is 0.0337. The third kappa shape index (κ3) is 8.23. The molecule has 0 radical (unpaired) electrons. The number of sulfonamides is 1. The summed E-state index contributed by atoms with van der Waals surface area (Å²) < 4.78 is 34.0. The Labute approximate surface area is 345 Å². The van der Waals surface area contributed by atoms with Crippen molar-refractivity contribution in [3.63, 3.8) is 0 Å². The Hall–Kier alpha value is -5.18. The lowest BCUT2D eigenvalue weighted by Crippen LogP contribution is -2.81. The Morgan fingerprint density at radius 1 is 1.09 bits per heavy atom. The van der Waals surface area contributed by atoms with Gasteiger partial charge in [-0.2, -0.15) is 0 Å². The fourth-order valence-corrected chi connectivity index (χ4v) is 11.0. The number of ether oxygens (including phenoxy) is 1. The van der Waals surface area contributed by atoms with Gasteiger partial charge in [-0.1, -0.05) is 82.9 Å². The zero-order chi connectivity index (χ0) is 42.1. The number of fused-ring (bicyclic) bond motifs is 1. The Balaban J connectivity index is 0.000000220. The summed E-state index contributed by atoms with van der Waals surface area (Å²) in [6.07, 6.45) is 0. The van der Waals surface area contributed by atoms with Gasteiger partial charge in [-0.25, -0.2) is 27.8 Å². The molecular formula is C33H31N9O11S5. The number of tetrazole rings is 1. The summed E-state index contributed by atoms with van der Waals surface area (Å²) in [5, 5.41) is 41.4. The van der Waals surface area contributed by atoms with Crippen LogP contribution >= 0.6 is 47.0 Å². The number of carboxylic acid groups (broad SMARTS) is 2. The van der Waals surface area contributed by atoms with E-state index in [4.69, 9.17) is 25.2 Å². The van der Waals surface area contributed by atoms with Crippen molar-refractivity contribution in [1.29, 1.82) is 0 Å². The lowest BCUT2D eigenvalue weighted by atomic mass is 9.98. The number of nitrogens with two attached hydrogens (primary N) is 2. The van der Waals surface area contributed by atoms with E-state index in [0.717, 1.165) is 50.8 Å². The van der Waals surface area contributed by atoms with Crippen molar-refractivity contribution in [2.45, 2.75) is 32.7 Å². The molecule has 7 N–H and O–H groups in total. The number of β-lactam (4-membered cyclic amide) rings is 1. The van der Waals surface area contributed by atoms with Gasteiger partial charge in [-0.05, 0) is 40.6 Å². The highest BCUT2D eigenvalue weighted by Crippen LogP contribution is 2.54. The molecule has 2 aromatic carbocycles. The summed E-state index contributed by atoms with van der Waals surface area (Å²) >= 11 is 4.06. The van der Waals surface area contributed by atoms with E-state index in [9.17, 15) is 37.5 Å². The summed E-state index contributed by atoms with van der Waals surface area (Å²) in [5.74, 6) is -4.22. The van der Waals surface area contributed by atoms with E-state index in [1.807, 2.05) is 37.3 Å². The van der Waals surface area contributed by atoms with Crippen LogP contribution in [0.25, 0.3) is 22.4 Å². The van der Waals surface area contributed by atoms with Gasteiger partial charge in [0.05, 0.1) is 14.7 Å². The van der Waals surface area contributed by atoms with E-state index in [2.05, 4.69) is 26.0 Å². The molecule has 3 aliphatic heterocycles. The standard InChI is InChI=1S/C17H17N7O8S4.C16H14N2O3S/c1-23-16(20-21-22-23)34-4-5-3-33-15-17(32-2,14(31)24(15)7(5)11(29)30)19-9(26)13-35-12(36-13)6(8(18)25)10(27)28;1-11-15(12-7-9-14(10-8-12)22(17,19)20)16(18-21-11)13-5-3-2-4-6-13/h13,15H,3-4H2,1-2H3,(H2,18,25)(H,19,26)(H,27,28)(H,29,30);2-10H,1H3,(H2,17,19,20)/t13?,15-,17+;/m1./s1. The van der Waals surface area contributed by atoms with Crippen LogP contribution in [0.15, 0.2) is 90.3 Å². The van der Waals surface area contributed by atoms with Gasteiger partial charge in [0.1, 0.15) is 32.7 Å². The number of hydrogen-bond acceptors (Lipinski definition) is 17. The second kappa shape index (κ2) is 17.0. The molecule has 3 aliphatic rings. The topological polar surface area (TPSA) is 306 Å². The molecule has 20 nitrogen and oxygen atoms in total. The maximum absolute atomic E-state index is 13.2. The van der Waals surface area contributed by atoms with E-state index >= 15 is 0 Å². The van der Waals surface area contributed by atoms with Gasteiger partial charge >= 0.3 is 11.9 Å². The van der Waals surface area contributed by atoms with Crippen LogP contribution < -0.4 is 16.2 Å². The molecule has 0 unspecified atom stereocenters. The number of carboxylic acids is 2. The number of primary amides is 1. The lowest BCUT2D eigenvalue weighted by Gasteiger charge is -2.56. The number of carbonyl (C=O) groups is 5. The minimum absolute atomic E-state index is 0.0755. The Morgan fingerprint density at radius 2 is 1.76 bits per heavy atom. The highest BCUT2D eigenvalue weighted by Gasteiger charge is 2.67. The molecule has 3 amide bonds. The minimum Gasteiger partial charge on any atom is -0.477 e. The molecule has 4 aromatic rings. The number of aromatic nitrogens is 5. The van der Waals surface area contributed by atoms with Gasteiger partial charge in [0.25, 0.3) is 17.5 Å². The maximum atomic E-state index is 13.2. The molecule has 2 atom stereocenters. The molecule has 7 rings (SSSR count). The van der Waals surface area contributed by atoms with Gasteiger partial charge in [0, 0.05) is 31.2 Å². The van der Waals surface area contributed by atoms with Crippen molar-refractivity contribution in [2.24, 2.45) is 17.9 Å². The van der Waals surface area contributed by atoms with E-state index in [1.165, 1.54) is 47.4 Å². The first-order valence-corrected chi connectivity index (χ1v) is 21.7. The Morgan fingerprint density at radius 3 is 2.31 bits per heavy atom. The van der Waals surface area contributed by atoms with Gasteiger partial charge < -0.3 is 30.5 Å². The normalized spacial score (nSPS) is 19.9. The predicted octanol–water partition coefficient (Wildman–Crippen LogP) is 1.57. The summed E-state index contributed by atoms with van der Waals surface area (Å²) in [7, 11) is -0.841. The number of nitrogens with one attached hydrogen (secondary N) is 1. The van der Waals surface area contributed by atoms with Crippen LogP contribution in [0.3, 0.4) is 0 Å². The van der Waals surface area contributed by atoms with Crippen molar-refractivity contribution < 1.29 is 51.9 Å². The zero-order valence-electron chi connectivity index (χ0n) is 30.2. The van der Waals surface area contributed by atoms with E-state index in [1.54, 1.807) is 19.2 Å². The van der Waals surface area contributed by atoms with E-state index < -0.39 is 60.9 Å². The Kier molecular flexibility index (Phi) is 12.4. The first-order valence-electron chi connectivity index (χ1n) is 16.4. The summed E-state index contributed by atoms with van der Waals surface area (Å²) in [5.41, 5.74) is 6.25. The molecule has 5 heterocycles. The number of rotatable bonds is 12. The van der Waals surface area contributed by atoms with E-state index in [0.29, 0.717) is 16.5 Å². The highest BCUT2D eigenvalue weighted by molar-refractivity contribution is 8.39. The molecule has 2 saturated heterocycles. The fourth-order valence-electron chi connectivity index (χ4n) is 5.83. The molecule has 2 fully saturated rings. The molecule has 0 aliphatic carbocycles. The molecular weight excluding hydrogens is 859 g/mol. The molecule has 0 saturated carbocycles. The largest absolute Gasteiger partial charge is 0.477 e. The first kappa shape index (κ1) is 42.4. The van der Waals surface area contributed by atoms with Crippen LogP contribution in [-0.4, -0.2) is 113 Å². The molecule has 2 aromatic heterocycles. The number of hydrogen-bond donors (Lipinski definition) is 5. The smallest absolute Gasteiger partial charge is 0.352 e. The molecule has 58 heavy (non-hydrogen) atoms. The van der Waals surface area contributed by atoms with Gasteiger partial charge in [0.15, 0.2) is 0 Å². The predicted molar refractivity (Wildman–Crippen MR) is 211 cm³/mol. The average molecular weight is 890 g/mol. The van der Waals surface area contributed by atoms with Crippen LogP contribution in [0.4, 0.5) is 0 Å². The summed E-state index contributed by atoms with van der Waals surface area (Å²) in [6.45, 7) is 1.82. The number of amides is 3. The minimum atomic E-state index is -3.70. The van der Waals surface area contributed by atoms with Gasteiger partial charge in [-0.15, -0.1) is 16.9 Å². The average Bonchev–Trinajstić information content (AvgIpc) is 3.77. The monoisotopic (exact) mass is 889 g/mol. The van der Waals surface area contributed by atoms with Crippen molar-refractivity contribution in [1.82, 2.24) is 35.6 Å². The number of methoxy groups -OCH3 is 1. The van der Waals surface area contributed by atoms with Crippen LogP contribution in [-0.2, 0) is 45.8 Å². The fraction of sp³-hybridized carbons (Fsp3) is 0.242. The van der Waals surface area contributed by atoms with Crippen molar-refractivity contribution in [3.8, 4) is 22.4 Å². The highest BCUT2D eigenvalue weighted by atomic mass is 32.3. The number of aliphatic carboxylic acids is 2. The molecule has 0 spiro atoms. The second-order valence-corrected chi connectivity index (χ2v) is 18.6. The number of thioether (sulfide) groups is 4. The molecule has 0 bridgehead atoms. The number of benzene rings is 2. The first-order chi connectivity index (χ1) is 27.5. The van der Waals surface area contributed by atoms with Crippen LogP contribution in [0, 0.1) is 6.92 Å². The molecule has 25 heteroatoms. The van der Waals surface area contributed by atoms with Crippen molar-refractivity contribution in [3.05, 3.63) is 81.4 Å². The SMILES string of the molecule is CO[C@@]1(NC(=O)C2SC(=C(C(N)=O)C(=O)O)S2)C(=O)N2C(C(=O)O)=C(CSc3nnnn3C)CS[C@@H]21.Cc1onc(-c2ccccc2)c1-c1ccc(S(N)(=O)=O)cc1. The Bertz CT molecular complexity index is 2470. The number of aryl methyl sites for hydroxylation is 2. The lowest BCUT2D eigenvalue weighted by molar-refractivity contribution is -0.192. The number of nitrogens with zero attached hydrogens (tertiary/aromatic N) is 6. The van der Waals surface area contributed by atoms with Crippen molar-refractivity contribution >= 4 is 86.7 Å². The third-order valence-corrected chi connectivity index (χ3v) is 14.8. The second-order valence-electron chi connectivity index (χ2n) is 12.2. The summed E-state index contributed by atoms with van der Waals surface area (Å²) in [4.78, 5) is 61.8. The summed E-state index contributed by atoms with van der Waals surface area (Å²) in [6, 6.07) is 16.0. The van der Waals surface area contributed by atoms with Crippen molar-refractivity contribution in [2.75, 3.05) is 18.6 Å². The van der Waals surface area contributed by atoms with Crippen LogP contribution in [0.2, 0.25) is 0 Å². The van der Waals surface area contributed by atoms with Crippen LogP contribution in [0.5, 0.6) is 0 Å². The zero-order valence-corrected chi connectivity index (χ0v) is 34.3. The number of carbonyl (C=O) groups excluding carboxylic acids is 3. The van der Waals surface area contributed by atoms with Gasteiger partial charge in [0.2, 0.25) is 21.1 Å². The van der Waals surface area contributed by atoms with Gasteiger partial charge in [-0.3, -0.25) is 19.3 Å². The maximum Gasteiger partial charge on any atom is 0.352 e. The van der Waals surface area contributed by atoms with Crippen LogP contribution in [0.1, 0.15) is 5.76 Å². The molecule has 304 valence electrons.